The second-order valence-electron chi connectivity index (χ2n) is 1.34. The summed E-state index contributed by atoms with van der Waals surface area (Å²) < 4.78 is 25.6. The molecule has 0 saturated heterocycles. The van der Waals surface area contributed by atoms with E-state index in [0.717, 1.165) is 0 Å². The zero-order chi connectivity index (χ0) is 13.5. The second-order valence-corrected chi connectivity index (χ2v) is 4.02. The van der Waals surface area contributed by atoms with Crippen LogP contribution in [0.4, 0.5) is 0 Å². The molecule has 18 heteroatoms. The van der Waals surface area contributed by atoms with Crippen molar-refractivity contribution < 1.29 is 98.3 Å². The normalized spacial score (nSPS) is 9.83. The summed E-state index contributed by atoms with van der Waals surface area (Å²) in [7, 11) is -16.2. The molecule has 12 nitrogen and oxygen atoms in total. The van der Waals surface area contributed by atoms with Crippen molar-refractivity contribution >= 4 is 40.8 Å². The van der Waals surface area contributed by atoms with Gasteiger partial charge in [0.15, 0.2) is 0 Å². The van der Waals surface area contributed by atoms with Crippen LogP contribution in [-0.4, -0.2) is 17.4 Å². The molecular formula is AlMoO12P3Zn. The Kier molecular flexibility index (Phi) is 31.9. The monoisotopic (exact) mass is 474 g/mol. The minimum Gasteiger partial charge on any atom is -0.822 e. The van der Waals surface area contributed by atoms with Crippen molar-refractivity contribution in [2.75, 3.05) is 0 Å². The van der Waals surface area contributed by atoms with E-state index in [4.69, 9.17) is 57.7 Å². The molecule has 0 amide bonds. The van der Waals surface area contributed by atoms with Gasteiger partial charge in [-0.25, -0.2) is 0 Å². The largest absolute Gasteiger partial charge is 4.00 e. The first-order chi connectivity index (χ1) is 6.00. The number of rotatable bonds is 0. The Morgan fingerprint density at radius 3 is 0.500 bits per heavy atom. The maximum atomic E-state index is 8.55. The van der Waals surface area contributed by atoms with E-state index in [1.54, 1.807) is 0 Å². The number of phosphoric acid groups is 3. The zero-order valence-electron chi connectivity index (χ0n) is 7.93. The first-order valence-electron chi connectivity index (χ1n) is 2.19. The van der Waals surface area contributed by atoms with Crippen LogP contribution in [0.5, 0.6) is 0 Å². The molecule has 18 heavy (non-hydrogen) atoms. The van der Waals surface area contributed by atoms with Gasteiger partial charge in [0.25, 0.3) is 0 Å². The summed E-state index contributed by atoms with van der Waals surface area (Å²) in [6.45, 7) is 0. The standard InChI is InChI=1S/Al.Mo.3H3O4P.Zn/c;;3*1-5(2,3)4;/h;;3*(H3,1,2,3,4);/q+3;+4;;;;+2/p-9. The average Bonchev–Trinajstić information content (AvgIpc) is 1.41. The summed E-state index contributed by atoms with van der Waals surface area (Å²) in [5.74, 6) is 0. The van der Waals surface area contributed by atoms with Gasteiger partial charge in [-0.3, -0.25) is 0 Å². The van der Waals surface area contributed by atoms with Crippen LogP contribution in [0.2, 0.25) is 0 Å². The van der Waals surface area contributed by atoms with Crippen LogP contribution in [0, 0.1) is 0 Å². The predicted octanol–water partition coefficient (Wildman–Crippen LogP) is -8.86. The van der Waals surface area contributed by atoms with Crippen molar-refractivity contribution in [3.8, 4) is 0 Å². The third-order valence-corrected chi connectivity index (χ3v) is 0. The fourth-order valence-corrected chi connectivity index (χ4v) is 0. The van der Waals surface area contributed by atoms with E-state index in [0.29, 0.717) is 0 Å². The van der Waals surface area contributed by atoms with Crippen LogP contribution in [0.25, 0.3) is 0 Å². The Morgan fingerprint density at radius 1 is 0.500 bits per heavy atom. The molecule has 0 fully saturated rings. The Labute approximate surface area is 138 Å². The van der Waals surface area contributed by atoms with Crippen LogP contribution < -0.4 is 44.0 Å². The van der Waals surface area contributed by atoms with Gasteiger partial charge in [0.1, 0.15) is 0 Å². The minimum atomic E-state index is -5.39. The van der Waals surface area contributed by atoms with Gasteiger partial charge in [0, 0.05) is 0 Å². The molecule has 0 aromatic carbocycles. The maximum absolute atomic E-state index is 8.55. The van der Waals surface area contributed by atoms with Gasteiger partial charge < -0.3 is 57.7 Å². The van der Waals surface area contributed by atoms with E-state index in [2.05, 4.69) is 0 Å². The molecule has 0 spiro atoms. The van der Waals surface area contributed by atoms with Gasteiger partial charge in [-0.15, -0.1) is 0 Å². The molecule has 0 unspecified atom stereocenters. The van der Waals surface area contributed by atoms with E-state index in [9.17, 15) is 0 Å². The summed E-state index contributed by atoms with van der Waals surface area (Å²) in [4.78, 5) is 76.9. The van der Waals surface area contributed by atoms with Crippen molar-refractivity contribution in [1.82, 2.24) is 0 Å². The summed E-state index contributed by atoms with van der Waals surface area (Å²) in [6.07, 6.45) is 0. The molecule has 0 rings (SSSR count). The fourth-order valence-electron chi connectivity index (χ4n) is 0. The summed E-state index contributed by atoms with van der Waals surface area (Å²) in [6, 6.07) is 0. The molecule has 0 aliphatic heterocycles. The molecule has 0 bridgehead atoms. The van der Waals surface area contributed by atoms with E-state index in [1.165, 1.54) is 0 Å². The van der Waals surface area contributed by atoms with Gasteiger partial charge in [0.2, 0.25) is 0 Å². The maximum Gasteiger partial charge on any atom is 4.00 e. The molecule has 0 N–H and O–H groups in total. The average molecular weight is 473 g/mol. The van der Waals surface area contributed by atoms with Gasteiger partial charge in [-0.1, -0.05) is 0 Å². The van der Waals surface area contributed by atoms with Crippen LogP contribution in [0.1, 0.15) is 0 Å². The molecule has 0 atom stereocenters. The quantitative estimate of drug-likeness (QED) is 0.235. The Bertz CT molecular complexity index is 213. The van der Waals surface area contributed by atoms with Crippen molar-refractivity contribution in [1.29, 1.82) is 0 Å². The van der Waals surface area contributed by atoms with Gasteiger partial charge in [-0.05, 0) is 0 Å². The first kappa shape index (κ1) is 36.9. The summed E-state index contributed by atoms with van der Waals surface area (Å²) >= 11 is 0. The van der Waals surface area contributed by atoms with Crippen molar-refractivity contribution in [3.05, 3.63) is 0 Å². The first-order valence-corrected chi connectivity index (χ1v) is 6.57. The Hall–Kier alpha value is 2.17. The summed E-state index contributed by atoms with van der Waals surface area (Å²) in [5, 5.41) is 0. The molecular weight excluding hydrogens is 473 g/mol. The van der Waals surface area contributed by atoms with Crippen LogP contribution in [0.15, 0.2) is 0 Å². The predicted molar refractivity (Wildman–Crippen MR) is 28.6 cm³/mol. The third kappa shape index (κ3) is 1130. The molecule has 0 aromatic rings. The van der Waals surface area contributed by atoms with Gasteiger partial charge in [0.05, 0.1) is 0 Å². The van der Waals surface area contributed by atoms with Gasteiger partial charge in [-0.2, -0.15) is 23.5 Å². The topological polar surface area (TPSA) is 259 Å². The second kappa shape index (κ2) is 15.6. The molecule has 0 radical (unpaired) electrons. The molecule has 0 aliphatic carbocycles. The molecule has 0 aromatic heterocycles. The zero-order valence-corrected chi connectivity index (χ0v) is 16.7. The molecule has 0 heterocycles. The summed E-state index contributed by atoms with van der Waals surface area (Å²) in [5.41, 5.74) is 0. The van der Waals surface area contributed by atoms with E-state index in [-0.39, 0.29) is 57.9 Å². The minimum absolute atomic E-state index is 0. The van der Waals surface area contributed by atoms with E-state index < -0.39 is 23.5 Å². The number of hydrogen-bond donors (Lipinski definition) is 0. The smallest absolute Gasteiger partial charge is 0.822 e. The van der Waals surface area contributed by atoms with Crippen LogP contribution in [0.3, 0.4) is 0 Å². The van der Waals surface area contributed by atoms with Crippen LogP contribution >= 0.6 is 23.5 Å². The molecule has 0 saturated carbocycles. The Balaban J connectivity index is -0.0000000277. The molecule has 0 aliphatic rings. The number of hydrogen-bond acceptors (Lipinski definition) is 12. The Morgan fingerprint density at radius 2 is 0.500 bits per heavy atom. The third-order valence-electron chi connectivity index (χ3n) is 0. The van der Waals surface area contributed by atoms with Crippen molar-refractivity contribution in [2.24, 2.45) is 0 Å². The van der Waals surface area contributed by atoms with Crippen molar-refractivity contribution in [2.45, 2.75) is 0 Å². The van der Waals surface area contributed by atoms with Gasteiger partial charge >= 0.3 is 57.9 Å². The molecule has 98 valence electrons. The fraction of sp³-hybridized carbons (Fsp3) is 0. The van der Waals surface area contributed by atoms with Crippen molar-refractivity contribution in [3.63, 3.8) is 0 Å². The van der Waals surface area contributed by atoms with E-state index in [1.807, 2.05) is 0 Å². The van der Waals surface area contributed by atoms with E-state index >= 15 is 0 Å². The SMILES string of the molecule is O=P([O-])([O-])[O-].O=P([O-])([O-])[O-].O=P([O-])([O-])[O-].[Al+3].[Mo+4].[Zn+2]. The van der Waals surface area contributed by atoms with Crippen LogP contribution in [-0.2, 0) is 54.2 Å².